The molecule has 2 rings (SSSR count). The summed E-state index contributed by atoms with van der Waals surface area (Å²) in [5.41, 5.74) is 2.97. The van der Waals surface area contributed by atoms with Gasteiger partial charge in [-0.1, -0.05) is 0 Å². The van der Waals surface area contributed by atoms with E-state index >= 15 is 0 Å². The van der Waals surface area contributed by atoms with Gasteiger partial charge in [0, 0.05) is 12.6 Å². The highest BCUT2D eigenvalue weighted by Crippen LogP contribution is 2.17. The van der Waals surface area contributed by atoms with Crippen LogP contribution in [-0.4, -0.2) is 21.0 Å². The van der Waals surface area contributed by atoms with Crippen LogP contribution in [0.5, 0.6) is 0 Å². The van der Waals surface area contributed by atoms with Gasteiger partial charge in [-0.05, 0) is 25.7 Å². The van der Waals surface area contributed by atoms with Gasteiger partial charge in [0.25, 0.3) is 0 Å². The van der Waals surface area contributed by atoms with Gasteiger partial charge in [0.05, 0.1) is 23.5 Å². The molecule has 0 aliphatic heterocycles. The molecule has 0 bridgehead atoms. The van der Waals surface area contributed by atoms with Crippen molar-refractivity contribution >= 4 is 5.97 Å². The fraction of sp³-hybridized carbons (Fsp3) is 0.545. The van der Waals surface area contributed by atoms with Gasteiger partial charge >= 0.3 is 5.97 Å². The zero-order chi connectivity index (χ0) is 10.7. The fourth-order valence-corrected chi connectivity index (χ4v) is 1.84. The van der Waals surface area contributed by atoms with Crippen LogP contribution < -0.4 is 0 Å². The Morgan fingerprint density at radius 3 is 2.80 bits per heavy atom. The summed E-state index contributed by atoms with van der Waals surface area (Å²) in [4.78, 5) is 19.2. The number of carbonyl (C=O) groups is 1. The summed E-state index contributed by atoms with van der Waals surface area (Å²) in [6.45, 7) is 0. The molecule has 80 valence electrons. The number of rotatable bonds is 3. The van der Waals surface area contributed by atoms with Crippen LogP contribution in [0.25, 0.3) is 0 Å². The molecular weight excluding hydrogens is 192 g/mol. The van der Waals surface area contributed by atoms with Crippen molar-refractivity contribution in [1.82, 2.24) is 9.97 Å². The van der Waals surface area contributed by atoms with E-state index in [9.17, 15) is 4.79 Å². The molecule has 4 heteroatoms. The zero-order valence-electron chi connectivity index (χ0n) is 8.57. The summed E-state index contributed by atoms with van der Waals surface area (Å²) in [6.07, 6.45) is 6.70. The molecule has 0 saturated heterocycles. The van der Waals surface area contributed by atoms with Gasteiger partial charge in [-0.15, -0.1) is 0 Å². The van der Waals surface area contributed by atoms with Crippen molar-refractivity contribution in [2.75, 3.05) is 0 Å². The normalized spacial score (nSPS) is 14.7. The Morgan fingerprint density at radius 2 is 2.07 bits per heavy atom. The van der Waals surface area contributed by atoms with Crippen LogP contribution in [0, 0.1) is 0 Å². The monoisotopic (exact) mass is 206 g/mol. The third kappa shape index (κ3) is 2.52. The van der Waals surface area contributed by atoms with Crippen LogP contribution in [-0.2, 0) is 24.1 Å². The van der Waals surface area contributed by atoms with Gasteiger partial charge in [0.1, 0.15) is 0 Å². The third-order valence-electron chi connectivity index (χ3n) is 2.65. The van der Waals surface area contributed by atoms with Gasteiger partial charge in [0.15, 0.2) is 0 Å². The van der Waals surface area contributed by atoms with E-state index in [4.69, 9.17) is 5.11 Å². The molecule has 4 nitrogen and oxygen atoms in total. The number of hydrogen-bond acceptors (Lipinski definition) is 3. The molecule has 1 aliphatic carbocycles. The number of aryl methyl sites for hydroxylation is 3. The average Bonchev–Trinajstić information content (AvgIpc) is 2.26. The SMILES string of the molecule is O=C(O)CCc1cnc2c(n1)CCCC2. The molecule has 0 aromatic carbocycles. The van der Waals surface area contributed by atoms with E-state index in [-0.39, 0.29) is 6.42 Å². The molecule has 15 heavy (non-hydrogen) atoms. The molecule has 1 N–H and O–H groups in total. The molecule has 0 fully saturated rings. The summed E-state index contributed by atoms with van der Waals surface area (Å²) in [5.74, 6) is -0.783. The summed E-state index contributed by atoms with van der Waals surface area (Å²) in [7, 11) is 0. The average molecular weight is 206 g/mol. The molecule has 0 saturated carbocycles. The van der Waals surface area contributed by atoms with Gasteiger partial charge in [-0.2, -0.15) is 0 Å². The van der Waals surface area contributed by atoms with E-state index in [1.807, 2.05) is 0 Å². The van der Waals surface area contributed by atoms with E-state index < -0.39 is 5.97 Å². The maximum Gasteiger partial charge on any atom is 0.303 e. The number of hydrogen-bond donors (Lipinski definition) is 1. The number of carboxylic acid groups (broad SMARTS) is 1. The minimum absolute atomic E-state index is 0.132. The first-order valence-electron chi connectivity index (χ1n) is 5.31. The highest BCUT2D eigenvalue weighted by molar-refractivity contribution is 5.66. The lowest BCUT2D eigenvalue weighted by Crippen LogP contribution is -2.10. The van der Waals surface area contributed by atoms with E-state index in [1.165, 1.54) is 12.8 Å². The van der Waals surface area contributed by atoms with Crippen molar-refractivity contribution in [3.63, 3.8) is 0 Å². The molecular formula is C11H14N2O2. The Hall–Kier alpha value is -1.45. The first kappa shape index (κ1) is 10.1. The Labute approximate surface area is 88.4 Å². The lowest BCUT2D eigenvalue weighted by molar-refractivity contribution is -0.136. The summed E-state index contributed by atoms with van der Waals surface area (Å²) < 4.78 is 0. The molecule has 0 unspecified atom stereocenters. The van der Waals surface area contributed by atoms with E-state index in [2.05, 4.69) is 9.97 Å². The van der Waals surface area contributed by atoms with Crippen molar-refractivity contribution in [3.05, 3.63) is 23.3 Å². The van der Waals surface area contributed by atoms with Crippen molar-refractivity contribution in [3.8, 4) is 0 Å². The van der Waals surface area contributed by atoms with Crippen LogP contribution in [0.2, 0.25) is 0 Å². The molecule has 0 spiro atoms. The number of fused-ring (bicyclic) bond motifs is 1. The van der Waals surface area contributed by atoms with Crippen molar-refractivity contribution in [2.45, 2.75) is 38.5 Å². The van der Waals surface area contributed by atoms with Crippen LogP contribution in [0.1, 0.15) is 36.3 Å². The summed E-state index contributed by atoms with van der Waals surface area (Å²) in [5, 5.41) is 8.57. The first-order chi connectivity index (χ1) is 7.25. The highest BCUT2D eigenvalue weighted by atomic mass is 16.4. The van der Waals surface area contributed by atoms with E-state index in [0.29, 0.717) is 6.42 Å². The Kier molecular flexibility index (Phi) is 2.94. The largest absolute Gasteiger partial charge is 0.481 e. The van der Waals surface area contributed by atoms with Gasteiger partial charge in [-0.3, -0.25) is 14.8 Å². The predicted octanol–water partition coefficient (Wildman–Crippen LogP) is 1.37. The van der Waals surface area contributed by atoms with Gasteiger partial charge < -0.3 is 5.11 Å². The Bertz CT molecular complexity index is 377. The van der Waals surface area contributed by atoms with Gasteiger partial charge in [-0.25, -0.2) is 0 Å². The fourth-order valence-electron chi connectivity index (χ4n) is 1.84. The molecule has 1 heterocycles. The van der Waals surface area contributed by atoms with E-state index in [0.717, 1.165) is 29.9 Å². The number of nitrogens with zero attached hydrogens (tertiary/aromatic N) is 2. The van der Waals surface area contributed by atoms with E-state index in [1.54, 1.807) is 6.20 Å². The lowest BCUT2D eigenvalue weighted by Gasteiger charge is -2.13. The van der Waals surface area contributed by atoms with Crippen molar-refractivity contribution < 1.29 is 9.90 Å². The molecule has 1 aromatic heterocycles. The van der Waals surface area contributed by atoms with Gasteiger partial charge in [0.2, 0.25) is 0 Å². The number of aliphatic carboxylic acids is 1. The minimum Gasteiger partial charge on any atom is -0.481 e. The van der Waals surface area contributed by atoms with Crippen molar-refractivity contribution in [1.29, 1.82) is 0 Å². The molecule has 1 aliphatic rings. The molecule has 1 aromatic rings. The number of aromatic nitrogens is 2. The Balaban J connectivity index is 2.10. The summed E-state index contributed by atoms with van der Waals surface area (Å²) in [6, 6.07) is 0. The van der Waals surface area contributed by atoms with Crippen LogP contribution in [0.4, 0.5) is 0 Å². The van der Waals surface area contributed by atoms with Crippen LogP contribution >= 0.6 is 0 Å². The molecule has 0 atom stereocenters. The predicted molar refractivity (Wildman–Crippen MR) is 54.6 cm³/mol. The first-order valence-corrected chi connectivity index (χ1v) is 5.31. The maximum absolute atomic E-state index is 10.4. The topological polar surface area (TPSA) is 63.1 Å². The quantitative estimate of drug-likeness (QED) is 0.811. The second-order valence-electron chi connectivity index (χ2n) is 3.86. The third-order valence-corrected chi connectivity index (χ3v) is 2.65. The zero-order valence-corrected chi connectivity index (χ0v) is 8.57. The summed E-state index contributed by atoms with van der Waals surface area (Å²) >= 11 is 0. The smallest absolute Gasteiger partial charge is 0.303 e. The second-order valence-corrected chi connectivity index (χ2v) is 3.86. The van der Waals surface area contributed by atoms with Crippen LogP contribution in [0.3, 0.4) is 0 Å². The Morgan fingerprint density at radius 1 is 1.33 bits per heavy atom. The number of carboxylic acids is 1. The maximum atomic E-state index is 10.4. The lowest BCUT2D eigenvalue weighted by atomic mass is 10.0. The molecule has 0 amide bonds. The van der Waals surface area contributed by atoms with Crippen molar-refractivity contribution in [2.24, 2.45) is 0 Å². The second kappa shape index (κ2) is 4.38. The highest BCUT2D eigenvalue weighted by Gasteiger charge is 2.12. The molecule has 0 radical (unpaired) electrons. The van der Waals surface area contributed by atoms with Crippen LogP contribution in [0.15, 0.2) is 6.20 Å². The minimum atomic E-state index is -0.783. The standard InChI is InChI=1S/C11H14N2O2/c14-11(15)6-5-8-7-12-9-3-1-2-4-10(9)13-8/h7H,1-6H2,(H,14,15).